The van der Waals surface area contributed by atoms with Crippen LogP contribution in [0.5, 0.6) is 0 Å². The summed E-state index contributed by atoms with van der Waals surface area (Å²) >= 11 is 0. The first-order valence-electron chi connectivity index (χ1n) is 6.75. The van der Waals surface area contributed by atoms with Crippen molar-refractivity contribution in [3.05, 3.63) is 0 Å². The van der Waals surface area contributed by atoms with Crippen molar-refractivity contribution >= 4 is 5.91 Å². The van der Waals surface area contributed by atoms with Crippen LogP contribution in [0.15, 0.2) is 0 Å². The molecular weight excluding hydrogens is 200 g/mol. The number of nitrogens with one attached hydrogen (secondary N) is 1. The summed E-state index contributed by atoms with van der Waals surface area (Å²) in [5.41, 5.74) is 0. The Morgan fingerprint density at radius 2 is 2.06 bits per heavy atom. The predicted molar refractivity (Wildman–Crippen MR) is 65.2 cm³/mol. The van der Waals surface area contributed by atoms with E-state index in [0.29, 0.717) is 24.5 Å². The molecule has 0 aromatic rings. The maximum Gasteiger partial charge on any atom is 0.236 e. The summed E-state index contributed by atoms with van der Waals surface area (Å²) in [6.45, 7) is 5.77. The Hall–Kier alpha value is -0.570. The van der Waals surface area contributed by atoms with Crippen LogP contribution in [0.4, 0.5) is 0 Å². The van der Waals surface area contributed by atoms with Gasteiger partial charge in [-0.1, -0.05) is 13.3 Å². The Balaban J connectivity index is 1.73. The van der Waals surface area contributed by atoms with Crippen molar-refractivity contribution in [1.29, 1.82) is 0 Å². The molecule has 0 radical (unpaired) electrons. The number of carbonyl (C=O) groups is 1. The fourth-order valence-electron chi connectivity index (χ4n) is 2.79. The number of amides is 1. The maximum atomic E-state index is 12.0. The zero-order valence-corrected chi connectivity index (χ0v) is 10.5. The Morgan fingerprint density at radius 1 is 1.31 bits per heavy atom. The number of rotatable bonds is 5. The van der Waals surface area contributed by atoms with E-state index >= 15 is 0 Å². The van der Waals surface area contributed by atoms with Crippen molar-refractivity contribution in [2.45, 2.75) is 58.0 Å². The topological polar surface area (TPSA) is 32.3 Å². The lowest BCUT2D eigenvalue weighted by molar-refractivity contribution is -0.130. The largest absolute Gasteiger partial charge is 0.339 e. The van der Waals surface area contributed by atoms with Crippen LogP contribution in [-0.4, -0.2) is 36.0 Å². The summed E-state index contributed by atoms with van der Waals surface area (Å²) in [7, 11) is 0. The molecule has 0 saturated heterocycles. The molecule has 3 nitrogen and oxygen atoms in total. The van der Waals surface area contributed by atoms with Gasteiger partial charge in [0.1, 0.15) is 0 Å². The van der Waals surface area contributed by atoms with Crippen molar-refractivity contribution in [2.75, 3.05) is 13.1 Å². The summed E-state index contributed by atoms with van der Waals surface area (Å²) in [6.07, 6.45) is 6.28. The third-order valence-corrected chi connectivity index (χ3v) is 4.03. The fourth-order valence-corrected chi connectivity index (χ4v) is 2.79. The molecule has 2 saturated carbocycles. The molecule has 2 atom stereocenters. The van der Waals surface area contributed by atoms with Crippen molar-refractivity contribution in [3.63, 3.8) is 0 Å². The highest BCUT2D eigenvalue weighted by Gasteiger charge is 2.31. The van der Waals surface area contributed by atoms with Crippen LogP contribution in [0.1, 0.15) is 46.0 Å². The van der Waals surface area contributed by atoms with Crippen LogP contribution >= 0.6 is 0 Å². The Morgan fingerprint density at radius 3 is 2.56 bits per heavy atom. The fraction of sp³-hybridized carbons (Fsp3) is 0.923. The molecule has 2 fully saturated rings. The molecule has 0 spiro atoms. The lowest BCUT2D eigenvalue weighted by Crippen LogP contribution is -2.43. The highest BCUT2D eigenvalue weighted by molar-refractivity contribution is 5.78. The number of likely N-dealkylation sites (N-methyl/N-ethyl adjacent to an activating group) is 1. The number of carbonyl (C=O) groups excluding carboxylic acids is 1. The van der Waals surface area contributed by atoms with E-state index in [2.05, 4.69) is 19.2 Å². The summed E-state index contributed by atoms with van der Waals surface area (Å²) in [5.74, 6) is 1.04. The van der Waals surface area contributed by atoms with Gasteiger partial charge in [0, 0.05) is 18.6 Å². The van der Waals surface area contributed by atoms with E-state index in [1.807, 2.05) is 4.90 Å². The van der Waals surface area contributed by atoms with Crippen molar-refractivity contribution in [3.8, 4) is 0 Å². The second-order valence-electron chi connectivity index (χ2n) is 5.31. The summed E-state index contributed by atoms with van der Waals surface area (Å²) < 4.78 is 0. The zero-order chi connectivity index (χ0) is 11.5. The van der Waals surface area contributed by atoms with E-state index in [1.54, 1.807) is 0 Å². The first-order valence-corrected chi connectivity index (χ1v) is 6.75. The minimum Gasteiger partial charge on any atom is -0.339 e. The Labute approximate surface area is 98.6 Å². The van der Waals surface area contributed by atoms with E-state index in [0.717, 1.165) is 12.5 Å². The van der Waals surface area contributed by atoms with Gasteiger partial charge in [0.15, 0.2) is 0 Å². The van der Waals surface area contributed by atoms with Gasteiger partial charge in [0.2, 0.25) is 5.91 Å². The molecule has 2 rings (SSSR count). The van der Waals surface area contributed by atoms with Crippen LogP contribution < -0.4 is 5.32 Å². The van der Waals surface area contributed by atoms with Crippen molar-refractivity contribution in [1.82, 2.24) is 10.2 Å². The lowest BCUT2D eigenvalue weighted by atomic mass is 10.1. The molecule has 2 aliphatic carbocycles. The van der Waals surface area contributed by atoms with E-state index in [-0.39, 0.29) is 0 Å². The molecule has 1 amide bonds. The van der Waals surface area contributed by atoms with Crippen LogP contribution in [0.3, 0.4) is 0 Å². The van der Waals surface area contributed by atoms with Gasteiger partial charge >= 0.3 is 0 Å². The highest BCUT2D eigenvalue weighted by atomic mass is 16.2. The number of hydrogen-bond donors (Lipinski definition) is 1. The minimum absolute atomic E-state index is 0.295. The van der Waals surface area contributed by atoms with E-state index in [9.17, 15) is 4.79 Å². The van der Waals surface area contributed by atoms with Crippen LogP contribution in [0, 0.1) is 5.92 Å². The third kappa shape index (κ3) is 2.76. The quantitative estimate of drug-likeness (QED) is 0.772. The van der Waals surface area contributed by atoms with E-state index in [1.165, 1.54) is 32.1 Å². The zero-order valence-electron chi connectivity index (χ0n) is 10.5. The average molecular weight is 224 g/mol. The summed E-state index contributed by atoms with van der Waals surface area (Å²) in [5, 5.41) is 3.44. The van der Waals surface area contributed by atoms with Gasteiger partial charge in [-0.05, 0) is 38.5 Å². The molecule has 0 heterocycles. The van der Waals surface area contributed by atoms with Gasteiger partial charge in [-0.2, -0.15) is 0 Å². The molecule has 2 unspecified atom stereocenters. The van der Waals surface area contributed by atoms with Gasteiger partial charge < -0.3 is 10.2 Å². The Kier molecular flexibility index (Phi) is 3.85. The normalized spacial score (nSPS) is 29.4. The molecule has 0 aliphatic heterocycles. The lowest BCUT2D eigenvalue weighted by Gasteiger charge is -2.23. The molecule has 0 aromatic carbocycles. The SMILES string of the molecule is CCN(C(=O)CNC1CCCC1C)C1CC1. The van der Waals surface area contributed by atoms with Crippen molar-refractivity contribution in [2.24, 2.45) is 5.92 Å². The van der Waals surface area contributed by atoms with Gasteiger partial charge in [-0.25, -0.2) is 0 Å². The van der Waals surface area contributed by atoms with Crippen LogP contribution in [0.25, 0.3) is 0 Å². The summed E-state index contributed by atoms with van der Waals surface area (Å²) in [6, 6.07) is 1.13. The number of hydrogen-bond acceptors (Lipinski definition) is 2. The van der Waals surface area contributed by atoms with Crippen molar-refractivity contribution < 1.29 is 4.79 Å². The Bertz CT molecular complexity index is 250. The van der Waals surface area contributed by atoms with Crippen LogP contribution in [-0.2, 0) is 4.79 Å². The molecule has 1 N–H and O–H groups in total. The van der Waals surface area contributed by atoms with Crippen LogP contribution in [0.2, 0.25) is 0 Å². The summed E-state index contributed by atoms with van der Waals surface area (Å²) in [4.78, 5) is 14.0. The molecule has 0 bridgehead atoms. The predicted octanol–water partition coefficient (Wildman–Crippen LogP) is 1.78. The van der Waals surface area contributed by atoms with Gasteiger partial charge in [0.05, 0.1) is 6.54 Å². The molecule has 0 aromatic heterocycles. The molecule has 92 valence electrons. The van der Waals surface area contributed by atoms with Gasteiger partial charge in [0.25, 0.3) is 0 Å². The first kappa shape index (κ1) is 11.9. The monoisotopic (exact) mass is 224 g/mol. The number of nitrogens with zero attached hydrogens (tertiary/aromatic N) is 1. The average Bonchev–Trinajstić information content (AvgIpc) is 3.01. The smallest absolute Gasteiger partial charge is 0.236 e. The first-order chi connectivity index (χ1) is 7.72. The van der Waals surface area contributed by atoms with E-state index in [4.69, 9.17) is 0 Å². The standard InChI is InChI=1S/C13H24N2O/c1-3-15(11-7-8-11)13(16)9-14-12-6-4-5-10(12)2/h10-12,14H,3-9H2,1-2H3. The minimum atomic E-state index is 0.295. The highest BCUT2D eigenvalue weighted by Crippen LogP contribution is 2.27. The van der Waals surface area contributed by atoms with Gasteiger partial charge in [-0.15, -0.1) is 0 Å². The molecular formula is C13H24N2O. The molecule has 16 heavy (non-hydrogen) atoms. The third-order valence-electron chi connectivity index (χ3n) is 4.03. The second kappa shape index (κ2) is 5.17. The second-order valence-corrected chi connectivity index (χ2v) is 5.31. The molecule has 3 heteroatoms. The van der Waals surface area contributed by atoms with Gasteiger partial charge in [-0.3, -0.25) is 4.79 Å². The maximum absolute atomic E-state index is 12.0. The van der Waals surface area contributed by atoms with E-state index < -0.39 is 0 Å². The molecule has 2 aliphatic rings.